The van der Waals surface area contributed by atoms with Gasteiger partial charge in [0.2, 0.25) is 0 Å². The molecule has 76 valence electrons. The van der Waals surface area contributed by atoms with Crippen LogP contribution in [-0.4, -0.2) is 16.1 Å². The molecule has 0 unspecified atom stereocenters. The molecular weight excluding hydrogens is 210 g/mol. The molecule has 0 radical (unpaired) electrons. The summed E-state index contributed by atoms with van der Waals surface area (Å²) in [5.74, 6) is -0.910. The lowest BCUT2D eigenvalue weighted by atomic mass is 10.2. The monoisotopic (exact) mass is 219 g/mol. The summed E-state index contributed by atoms with van der Waals surface area (Å²) in [6, 6.07) is 7.30. The lowest BCUT2D eigenvalue weighted by Gasteiger charge is -1.97. The van der Waals surface area contributed by atoms with Crippen LogP contribution in [0, 0.1) is 0 Å². The van der Waals surface area contributed by atoms with Gasteiger partial charge in [-0.1, -0.05) is 6.07 Å². The van der Waals surface area contributed by atoms with Gasteiger partial charge in [-0.25, -0.2) is 4.79 Å². The third kappa shape index (κ3) is 2.16. The van der Waals surface area contributed by atoms with E-state index in [0.29, 0.717) is 5.57 Å². The number of rotatable bonds is 3. The molecule has 0 aliphatic rings. The zero-order valence-corrected chi connectivity index (χ0v) is 8.62. The molecule has 0 fully saturated rings. The SMILES string of the molecule is O=C(O)C(=Cc1ccc[nH]1)c1cccs1. The normalized spacial score (nSPS) is 11.6. The predicted molar refractivity (Wildman–Crippen MR) is 60.6 cm³/mol. The fraction of sp³-hybridized carbons (Fsp3) is 0. The lowest BCUT2D eigenvalue weighted by molar-refractivity contribution is -0.130. The van der Waals surface area contributed by atoms with Gasteiger partial charge in [0.25, 0.3) is 0 Å². The second-order valence-electron chi connectivity index (χ2n) is 2.97. The number of hydrogen-bond donors (Lipinski definition) is 2. The van der Waals surface area contributed by atoms with Crippen molar-refractivity contribution in [2.24, 2.45) is 0 Å². The van der Waals surface area contributed by atoms with Gasteiger partial charge >= 0.3 is 5.97 Å². The highest BCUT2D eigenvalue weighted by Crippen LogP contribution is 2.22. The largest absolute Gasteiger partial charge is 0.478 e. The molecule has 0 atom stereocenters. The second kappa shape index (κ2) is 4.14. The van der Waals surface area contributed by atoms with Gasteiger partial charge in [0.1, 0.15) is 0 Å². The van der Waals surface area contributed by atoms with Crippen molar-refractivity contribution in [3.05, 3.63) is 46.4 Å². The van der Waals surface area contributed by atoms with Crippen molar-refractivity contribution in [2.45, 2.75) is 0 Å². The van der Waals surface area contributed by atoms with Crippen LogP contribution in [0.2, 0.25) is 0 Å². The number of aromatic nitrogens is 1. The summed E-state index contributed by atoms with van der Waals surface area (Å²) in [6.45, 7) is 0. The van der Waals surface area contributed by atoms with Crippen molar-refractivity contribution in [1.82, 2.24) is 4.98 Å². The van der Waals surface area contributed by atoms with Crippen LogP contribution in [0.15, 0.2) is 35.8 Å². The van der Waals surface area contributed by atoms with Crippen LogP contribution in [0.25, 0.3) is 11.6 Å². The molecule has 0 aliphatic carbocycles. The van der Waals surface area contributed by atoms with E-state index in [9.17, 15) is 4.79 Å². The van der Waals surface area contributed by atoms with Gasteiger partial charge in [0.05, 0.1) is 5.57 Å². The van der Waals surface area contributed by atoms with E-state index in [2.05, 4.69) is 4.98 Å². The molecule has 0 aliphatic heterocycles. The van der Waals surface area contributed by atoms with Crippen molar-refractivity contribution < 1.29 is 9.90 Å². The highest BCUT2D eigenvalue weighted by atomic mass is 32.1. The average Bonchev–Trinajstić information content (AvgIpc) is 2.87. The molecule has 3 nitrogen and oxygen atoms in total. The highest BCUT2D eigenvalue weighted by molar-refractivity contribution is 7.11. The van der Waals surface area contributed by atoms with Gasteiger partial charge in [-0.3, -0.25) is 0 Å². The number of H-pyrrole nitrogens is 1. The molecule has 2 aromatic heterocycles. The van der Waals surface area contributed by atoms with Gasteiger partial charge in [0.15, 0.2) is 0 Å². The molecule has 0 saturated carbocycles. The summed E-state index contributed by atoms with van der Waals surface area (Å²) < 4.78 is 0. The molecule has 2 rings (SSSR count). The Bertz CT molecular complexity index is 469. The van der Waals surface area contributed by atoms with Gasteiger partial charge in [-0.05, 0) is 29.7 Å². The first-order valence-corrected chi connectivity index (χ1v) is 5.27. The Kier molecular flexibility index (Phi) is 2.69. The van der Waals surface area contributed by atoms with E-state index in [0.717, 1.165) is 10.6 Å². The number of thiophene rings is 1. The first kappa shape index (κ1) is 9.73. The zero-order valence-electron chi connectivity index (χ0n) is 7.81. The smallest absolute Gasteiger partial charge is 0.337 e. The minimum Gasteiger partial charge on any atom is -0.478 e. The Labute approximate surface area is 90.7 Å². The maximum Gasteiger partial charge on any atom is 0.337 e. The van der Waals surface area contributed by atoms with Crippen LogP contribution >= 0.6 is 11.3 Å². The number of hydrogen-bond acceptors (Lipinski definition) is 2. The molecule has 0 amide bonds. The maximum absolute atomic E-state index is 11.0. The second-order valence-corrected chi connectivity index (χ2v) is 3.91. The maximum atomic E-state index is 11.0. The van der Waals surface area contributed by atoms with E-state index in [1.165, 1.54) is 11.3 Å². The van der Waals surface area contributed by atoms with Crippen molar-refractivity contribution in [2.75, 3.05) is 0 Å². The van der Waals surface area contributed by atoms with Gasteiger partial charge in [-0.2, -0.15) is 0 Å². The summed E-state index contributed by atoms with van der Waals surface area (Å²) in [4.78, 5) is 14.8. The Hall–Kier alpha value is -1.81. The fourth-order valence-electron chi connectivity index (χ4n) is 1.26. The van der Waals surface area contributed by atoms with E-state index in [-0.39, 0.29) is 0 Å². The van der Waals surface area contributed by atoms with E-state index in [1.54, 1.807) is 18.3 Å². The van der Waals surface area contributed by atoms with Crippen LogP contribution in [0.5, 0.6) is 0 Å². The summed E-state index contributed by atoms with van der Waals surface area (Å²) in [5.41, 5.74) is 1.10. The number of aliphatic carboxylic acids is 1. The fourth-order valence-corrected chi connectivity index (χ4v) is 1.99. The molecule has 2 heterocycles. The Morgan fingerprint density at radius 1 is 1.40 bits per heavy atom. The van der Waals surface area contributed by atoms with Crippen LogP contribution in [0.3, 0.4) is 0 Å². The Balaban J connectivity index is 2.41. The van der Waals surface area contributed by atoms with Crippen molar-refractivity contribution >= 4 is 29.0 Å². The van der Waals surface area contributed by atoms with Gasteiger partial charge in [-0.15, -0.1) is 11.3 Å². The molecule has 2 N–H and O–H groups in total. The van der Waals surface area contributed by atoms with Crippen LogP contribution < -0.4 is 0 Å². The minimum absolute atomic E-state index is 0.312. The molecule has 0 bridgehead atoms. The van der Waals surface area contributed by atoms with Crippen molar-refractivity contribution in [3.8, 4) is 0 Å². The Morgan fingerprint density at radius 2 is 2.27 bits per heavy atom. The summed E-state index contributed by atoms with van der Waals surface area (Å²) in [5, 5.41) is 10.9. The third-order valence-electron chi connectivity index (χ3n) is 1.94. The van der Waals surface area contributed by atoms with Crippen molar-refractivity contribution in [1.29, 1.82) is 0 Å². The van der Waals surface area contributed by atoms with E-state index < -0.39 is 5.97 Å². The quantitative estimate of drug-likeness (QED) is 0.780. The Morgan fingerprint density at radius 3 is 2.80 bits per heavy atom. The van der Waals surface area contributed by atoms with E-state index >= 15 is 0 Å². The first-order valence-electron chi connectivity index (χ1n) is 4.39. The number of carboxylic acid groups (broad SMARTS) is 1. The number of carbonyl (C=O) groups is 1. The standard InChI is InChI=1S/C11H9NO2S/c13-11(14)9(10-4-2-6-15-10)7-8-3-1-5-12-8/h1-7,12H,(H,13,14). The lowest BCUT2D eigenvalue weighted by Crippen LogP contribution is -1.97. The highest BCUT2D eigenvalue weighted by Gasteiger charge is 2.11. The number of carboxylic acids is 1. The topological polar surface area (TPSA) is 53.1 Å². The summed E-state index contributed by atoms with van der Waals surface area (Å²) >= 11 is 1.42. The zero-order chi connectivity index (χ0) is 10.7. The summed E-state index contributed by atoms with van der Waals surface area (Å²) in [7, 11) is 0. The molecule has 0 spiro atoms. The number of aromatic amines is 1. The summed E-state index contributed by atoms with van der Waals surface area (Å²) in [6.07, 6.45) is 3.40. The van der Waals surface area contributed by atoms with Gasteiger partial charge < -0.3 is 10.1 Å². The average molecular weight is 219 g/mol. The van der Waals surface area contributed by atoms with E-state index in [4.69, 9.17) is 5.11 Å². The molecule has 2 aromatic rings. The van der Waals surface area contributed by atoms with E-state index in [1.807, 2.05) is 23.6 Å². The molecule has 4 heteroatoms. The molecule has 0 aromatic carbocycles. The molecule has 0 saturated heterocycles. The molecular formula is C11H9NO2S. The van der Waals surface area contributed by atoms with Crippen LogP contribution in [-0.2, 0) is 4.79 Å². The third-order valence-corrected chi connectivity index (χ3v) is 2.84. The van der Waals surface area contributed by atoms with Crippen molar-refractivity contribution in [3.63, 3.8) is 0 Å². The van der Waals surface area contributed by atoms with Gasteiger partial charge in [0, 0.05) is 16.8 Å². The minimum atomic E-state index is -0.910. The first-order chi connectivity index (χ1) is 7.27. The predicted octanol–water partition coefficient (Wildman–Crippen LogP) is 2.70. The van der Waals surface area contributed by atoms with Crippen LogP contribution in [0.4, 0.5) is 0 Å². The van der Waals surface area contributed by atoms with Crippen LogP contribution in [0.1, 0.15) is 10.6 Å². The number of nitrogens with one attached hydrogen (secondary N) is 1. The molecule has 15 heavy (non-hydrogen) atoms.